The van der Waals surface area contributed by atoms with Crippen molar-refractivity contribution in [2.75, 3.05) is 31.6 Å². The van der Waals surface area contributed by atoms with E-state index < -0.39 is 5.79 Å². The monoisotopic (exact) mass is 391 g/mol. The van der Waals surface area contributed by atoms with Crippen molar-refractivity contribution in [2.45, 2.75) is 18.6 Å². The Hall–Kier alpha value is -3.10. The van der Waals surface area contributed by atoms with Crippen LogP contribution in [0, 0.1) is 0 Å². The van der Waals surface area contributed by atoms with Crippen LogP contribution in [0.15, 0.2) is 48.9 Å². The van der Waals surface area contributed by atoms with Crippen LogP contribution >= 0.6 is 0 Å². The number of para-hydroxylation sites is 1. The second-order valence-corrected chi connectivity index (χ2v) is 7.20. The third-order valence-corrected chi connectivity index (χ3v) is 5.40. The van der Waals surface area contributed by atoms with Crippen LogP contribution in [0.5, 0.6) is 0 Å². The van der Waals surface area contributed by atoms with E-state index in [4.69, 9.17) is 9.47 Å². The third-order valence-electron chi connectivity index (χ3n) is 5.40. The molecule has 1 amide bonds. The topological polar surface area (TPSA) is 89.5 Å². The number of nitrogens with zero attached hydrogens (tertiary/aromatic N) is 4. The molecule has 1 N–H and O–H groups in total. The van der Waals surface area contributed by atoms with E-state index in [1.54, 1.807) is 23.5 Å². The number of carbonyl (C=O) groups is 1. The SMILES string of the molecule is O=C(c1cnc(Nc2cccc3cccnc23)nc1)N1CCC2(CC1)OCCO2. The minimum atomic E-state index is -0.493. The quantitative estimate of drug-likeness (QED) is 0.734. The molecule has 5 rings (SSSR count). The molecule has 2 saturated heterocycles. The molecule has 4 heterocycles. The zero-order valence-electron chi connectivity index (χ0n) is 15.9. The van der Waals surface area contributed by atoms with E-state index in [2.05, 4.69) is 20.3 Å². The molecular formula is C21H21N5O3. The van der Waals surface area contributed by atoms with Crippen molar-refractivity contribution in [2.24, 2.45) is 0 Å². The number of amides is 1. The summed E-state index contributed by atoms with van der Waals surface area (Å²) in [6.45, 7) is 2.45. The van der Waals surface area contributed by atoms with Crippen LogP contribution in [0.3, 0.4) is 0 Å². The lowest BCUT2D eigenvalue weighted by Gasteiger charge is -2.37. The lowest BCUT2D eigenvalue weighted by atomic mass is 10.0. The molecule has 148 valence electrons. The number of fused-ring (bicyclic) bond motifs is 1. The standard InChI is InChI=1S/C21H21N5O3/c27-19(26-9-6-21(7-10-26)28-11-12-29-21)16-13-23-20(24-14-16)25-17-5-1-3-15-4-2-8-22-18(15)17/h1-5,8,13-14H,6-7,9-12H2,(H,23,24,25). The maximum Gasteiger partial charge on any atom is 0.256 e. The summed E-state index contributed by atoms with van der Waals surface area (Å²) in [4.78, 5) is 27.6. The Kier molecular flexibility index (Phi) is 4.57. The van der Waals surface area contributed by atoms with Gasteiger partial charge in [-0.15, -0.1) is 0 Å². The number of rotatable bonds is 3. The number of carbonyl (C=O) groups excluding carboxylic acids is 1. The lowest BCUT2D eigenvalue weighted by Crippen LogP contribution is -2.47. The molecule has 2 aromatic heterocycles. The first-order chi connectivity index (χ1) is 14.2. The number of ether oxygens (including phenoxy) is 2. The summed E-state index contributed by atoms with van der Waals surface area (Å²) in [5, 5.41) is 4.21. The molecule has 0 bridgehead atoms. The fourth-order valence-corrected chi connectivity index (χ4v) is 3.85. The Bertz CT molecular complexity index is 1020. The van der Waals surface area contributed by atoms with Crippen LogP contribution in [0.25, 0.3) is 10.9 Å². The minimum Gasteiger partial charge on any atom is -0.347 e. The van der Waals surface area contributed by atoms with Gasteiger partial charge in [0.2, 0.25) is 5.95 Å². The molecule has 2 aliphatic heterocycles. The second-order valence-electron chi connectivity index (χ2n) is 7.20. The lowest BCUT2D eigenvalue weighted by molar-refractivity contribution is -0.181. The number of hydrogen-bond acceptors (Lipinski definition) is 7. The molecule has 0 saturated carbocycles. The van der Waals surface area contributed by atoms with Gasteiger partial charge in [0.1, 0.15) is 0 Å². The molecule has 0 unspecified atom stereocenters. The number of aromatic nitrogens is 3. The van der Waals surface area contributed by atoms with Crippen molar-refractivity contribution in [3.8, 4) is 0 Å². The molecule has 0 atom stereocenters. The van der Waals surface area contributed by atoms with E-state index in [9.17, 15) is 4.79 Å². The maximum atomic E-state index is 12.8. The summed E-state index contributed by atoms with van der Waals surface area (Å²) in [7, 11) is 0. The van der Waals surface area contributed by atoms with E-state index >= 15 is 0 Å². The molecular weight excluding hydrogens is 370 g/mol. The summed E-state index contributed by atoms with van der Waals surface area (Å²) in [6.07, 6.45) is 6.24. The highest BCUT2D eigenvalue weighted by atomic mass is 16.7. The van der Waals surface area contributed by atoms with Crippen LogP contribution < -0.4 is 5.32 Å². The van der Waals surface area contributed by atoms with Crippen molar-refractivity contribution in [3.63, 3.8) is 0 Å². The van der Waals surface area contributed by atoms with Gasteiger partial charge >= 0.3 is 0 Å². The van der Waals surface area contributed by atoms with E-state index in [0.29, 0.717) is 50.7 Å². The summed E-state index contributed by atoms with van der Waals surface area (Å²) >= 11 is 0. The zero-order valence-corrected chi connectivity index (χ0v) is 15.9. The molecule has 8 heteroatoms. The van der Waals surface area contributed by atoms with Gasteiger partial charge in [-0.3, -0.25) is 9.78 Å². The fraction of sp³-hybridized carbons (Fsp3) is 0.333. The van der Waals surface area contributed by atoms with Crippen molar-refractivity contribution in [3.05, 3.63) is 54.5 Å². The van der Waals surface area contributed by atoms with Crippen LogP contribution in [0.1, 0.15) is 23.2 Å². The first kappa shape index (κ1) is 18.0. The van der Waals surface area contributed by atoms with E-state index in [-0.39, 0.29) is 5.91 Å². The van der Waals surface area contributed by atoms with Gasteiger partial charge < -0.3 is 19.7 Å². The molecule has 2 fully saturated rings. The highest BCUT2D eigenvalue weighted by Gasteiger charge is 2.40. The molecule has 0 radical (unpaired) electrons. The number of nitrogens with one attached hydrogen (secondary N) is 1. The Morgan fingerprint density at radius 1 is 1.00 bits per heavy atom. The van der Waals surface area contributed by atoms with Gasteiger partial charge in [-0.1, -0.05) is 18.2 Å². The van der Waals surface area contributed by atoms with Crippen molar-refractivity contribution >= 4 is 28.4 Å². The highest BCUT2D eigenvalue weighted by molar-refractivity contribution is 5.94. The van der Waals surface area contributed by atoms with Gasteiger partial charge in [0.25, 0.3) is 5.91 Å². The van der Waals surface area contributed by atoms with Gasteiger partial charge in [0, 0.05) is 49.9 Å². The van der Waals surface area contributed by atoms with Gasteiger partial charge in [0.15, 0.2) is 5.79 Å². The van der Waals surface area contributed by atoms with Crippen molar-refractivity contribution < 1.29 is 14.3 Å². The maximum absolute atomic E-state index is 12.8. The first-order valence-electron chi connectivity index (χ1n) is 9.73. The van der Waals surface area contributed by atoms with Gasteiger partial charge in [-0.05, 0) is 12.1 Å². The van der Waals surface area contributed by atoms with Crippen LogP contribution in [-0.4, -0.2) is 57.8 Å². The van der Waals surface area contributed by atoms with E-state index in [1.807, 2.05) is 30.3 Å². The Morgan fingerprint density at radius 3 is 2.48 bits per heavy atom. The summed E-state index contributed by atoms with van der Waals surface area (Å²) in [5.41, 5.74) is 2.13. The predicted molar refractivity (Wildman–Crippen MR) is 107 cm³/mol. The molecule has 1 aromatic carbocycles. The van der Waals surface area contributed by atoms with E-state index in [0.717, 1.165) is 16.6 Å². The smallest absolute Gasteiger partial charge is 0.256 e. The Morgan fingerprint density at radius 2 is 1.72 bits per heavy atom. The summed E-state index contributed by atoms with van der Waals surface area (Å²) in [5.74, 6) is -0.144. The second kappa shape index (κ2) is 7.38. The van der Waals surface area contributed by atoms with E-state index in [1.165, 1.54) is 0 Å². The normalized spacial score (nSPS) is 18.3. The molecule has 2 aliphatic rings. The van der Waals surface area contributed by atoms with Crippen LogP contribution in [-0.2, 0) is 9.47 Å². The number of piperidine rings is 1. The number of pyridine rings is 1. The van der Waals surface area contributed by atoms with Crippen molar-refractivity contribution in [1.82, 2.24) is 19.9 Å². The summed E-state index contributed by atoms with van der Waals surface area (Å²) < 4.78 is 11.4. The molecule has 1 spiro atoms. The van der Waals surface area contributed by atoms with Crippen LogP contribution in [0.2, 0.25) is 0 Å². The molecule has 29 heavy (non-hydrogen) atoms. The number of anilines is 2. The Balaban J connectivity index is 1.27. The minimum absolute atomic E-state index is 0.0729. The predicted octanol–water partition coefficient (Wildman–Crippen LogP) is 2.75. The molecule has 0 aliphatic carbocycles. The van der Waals surface area contributed by atoms with Gasteiger partial charge in [-0.25, -0.2) is 9.97 Å². The molecule has 3 aromatic rings. The fourth-order valence-electron chi connectivity index (χ4n) is 3.85. The average Bonchev–Trinajstić information content (AvgIpc) is 3.22. The third kappa shape index (κ3) is 3.52. The number of benzene rings is 1. The van der Waals surface area contributed by atoms with Gasteiger partial charge in [0.05, 0.1) is 30.0 Å². The summed E-state index contributed by atoms with van der Waals surface area (Å²) in [6, 6.07) is 9.77. The number of likely N-dealkylation sites (tertiary alicyclic amines) is 1. The zero-order chi connectivity index (χ0) is 19.7. The average molecular weight is 391 g/mol. The molecule has 8 nitrogen and oxygen atoms in total. The van der Waals surface area contributed by atoms with Crippen molar-refractivity contribution in [1.29, 1.82) is 0 Å². The number of hydrogen-bond donors (Lipinski definition) is 1. The van der Waals surface area contributed by atoms with Crippen LogP contribution in [0.4, 0.5) is 11.6 Å². The first-order valence-corrected chi connectivity index (χ1v) is 9.73. The van der Waals surface area contributed by atoms with Gasteiger partial charge in [-0.2, -0.15) is 0 Å². The Labute approximate surface area is 167 Å². The highest BCUT2D eigenvalue weighted by Crippen LogP contribution is 2.31. The largest absolute Gasteiger partial charge is 0.347 e.